The molecule has 3 heterocycles. The topological polar surface area (TPSA) is 72.8 Å². The van der Waals surface area contributed by atoms with Crippen molar-refractivity contribution >= 4 is 17.5 Å². The number of rotatable bonds is 5. The fourth-order valence-corrected chi connectivity index (χ4v) is 4.34. The first-order chi connectivity index (χ1) is 14.1. The van der Waals surface area contributed by atoms with Crippen LogP contribution in [0, 0.1) is 0 Å². The SMILES string of the molecule is CCC(=O)N1c2ccc(C(O)CN3CCN(c4ncccn4)CC3)cc2CC1C. The molecule has 0 bridgehead atoms. The second-order valence-electron chi connectivity index (χ2n) is 7.91. The molecule has 1 fully saturated rings. The minimum absolute atomic E-state index is 0.157. The van der Waals surface area contributed by atoms with Crippen LogP contribution < -0.4 is 9.80 Å². The van der Waals surface area contributed by atoms with Gasteiger partial charge in [-0.15, -0.1) is 0 Å². The molecule has 0 saturated carbocycles. The number of amides is 1. The van der Waals surface area contributed by atoms with Crippen LogP contribution in [0.25, 0.3) is 0 Å². The summed E-state index contributed by atoms with van der Waals surface area (Å²) >= 11 is 0. The van der Waals surface area contributed by atoms with Crippen LogP contribution in [0.1, 0.15) is 37.5 Å². The van der Waals surface area contributed by atoms with Crippen molar-refractivity contribution in [3.63, 3.8) is 0 Å². The lowest BCUT2D eigenvalue weighted by Gasteiger charge is -2.35. The number of carbonyl (C=O) groups excluding carboxylic acids is 1. The zero-order valence-corrected chi connectivity index (χ0v) is 17.2. The molecule has 1 aromatic heterocycles. The summed E-state index contributed by atoms with van der Waals surface area (Å²) in [6.07, 6.45) is 4.35. The average molecular weight is 396 g/mol. The second kappa shape index (κ2) is 8.47. The third kappa shape index (κ3) is 4.11. The van der Waals surface area contributed by atoms with Crippen molar-refractivity contribution in [3.8, 4) is 0 Å². The fraction of sp³-hybridized carbons (Fsp3) is 0.500. The van der Waals surface area contributed by atoms with Gasteiger partial charge in [-0.05, 0) is 36.6 Å². The molecule has 0 radical (unpaired) electrons. The summed E-state index contributed by atoms with van der Waals surface area (Å²) in [5, 5.41) is 10.8. The Balaban J connectivity index is 1.37. The third-order valence-corrected chi connectivity index (χ3v) is 5.91. The predicted molar refractivity (Wildman–Crippen MR) is 113 cm³/mol. The van der Waals surface area contributed by atoms with Crippen LogP contribution in [-0.4, -0.2) is 64.6 Å². The summed E-state index contributed by atoms with van der Waals surface area (Å²) in [5.74, 6) is 0.927. The first-order valence-corrected chi connectivity index (χ1v) is 10.4. The first-order valence-electron chi connectivity index (χ1n) is 10.4. The zero-order chi connectivity index (χ0) is 20.4. The van der Waals surface area contributed by atoms with Gasteiger partial charge in [0.15, 0.2) is 0 Å². The maximum absolute atomic E-state index is 12.3. The Morgan fingerprint density at radius 3 is 2.62 bits per heavy atom. The van der Waals surface area contributed by atoms with Crippen LogP contribution in [0.5, 0.6) is 0 Å². The molecule has 2 aromatic rings. The zero-order valence-electron chi connectivity index (χ0n) is 17.2. The van der Waals surface area contributed by atoms with Gasteiger partial charge in [-0.3, -0.25) is 9.69 Å². The number of carbonyl (C=O) groups is 1. The molecule has 2 atom stereocenters. The molecule has 1 N–H and O–H groups in total. The van der Waals surface area contributed by atoms with E-state index < -0.39 is 6.10 Å². The second-order valence-corrected chi connectivity index (χ2v) is 7.91. The highest BCUT2D eigenvalue weighted by Crippen LogP contribution is 2.34. The number of aromatic nitrogens is 2. The highest BCUT2D eigenvalue weighted by molar-refractivity contribution is 5.96. The Bertz CT molecular complexity index is 852. The number of benzene rings is 1. The van der Waals surface area contributed by atoms with Gasteiger partial charge in [0, 0.05) is 63.3 Å². The summed E-state index contributed by atoms with van der Waals surface area (Å²) in [4.78, 5) is 27.3. The number of hydrogen-bond acceptors (Lipinski definition) is 6. The number of hydrogen-bond donors (Lipinski definition) is 1. The standard InChI is InChI=1S/C22H29N5O2/c1-3-21(29)27-16(2)13-18-14-17(5-6-19(18)27)20(28)15-25-9-11-26(12-10-25)22-23-7-4-8-24-22/h4-8,14,16,20,28H,3,9-13,15H2,1-2H3. The molecular weight excluding hydrogens is 366 g/mol. The number of piperazine rings is 1. The van der Waals surface area contributed by atoms with Crippen molar-refractivity contribution in [2.24, 2.45) is 0 Å². The number of fused-ring (bicyclic) bond motifs is 1. The van der Waals surface area contributed by atoms with Gasteiger partial charge in [0.05, 0.1) is 6.10 Å². The van der Waals surface area contributed by atoms with Gasteiger partial charge >= 0.3 is 0 Å². The van der Waals surface area contributed by atoms with E-state index in [4.69, 9.17) is 0 Å². The number of aliphatic hydroxyl groups is 1. The van der Waals surface area contributed by atoms with E-state index in [9.17, 15) is 9.90 Å². The molecule has 2 aliphatic heterocycles. The monoisotopic (exact) mass is 395 g/mol. The number of aliphatic hydroxyl groups excluding tert-OH is 1. The van der Waals surface area contributed by atoms with Gasteiger partial charge in [0.2, 0.25) is 11.9 Å². The maximum atomic E-state index is 12.3. The Hall–Kier alpha value is -2.51. The lowest BCUT2D eigenvalue weighted by atomic mass is 10.0. The molecular formula is C22H29N5O2. The normalized spacial score (nSPS) is 20.6. The predicted octanol–water partition coefficient (Wildman–Crippen LogP) is 2.02. The highest BCUT2D eigenvalue weighted by Gasteiger charge is 2.30. The van der Waals surface area contributed by atoms with E-state index in [2.05, 4.69) is 32.8 Å². The summed E-state index contributed by atoms with van der Waals surface area (Å²) < 4.78 is 0. The largest absolute Gasteiger partial charge is 0.387 e. The Morgan fingerprint density at radius 1 is 1.21 bits per heavy atom. The molecule has 1 aromatic carbocycles. The maximum Gasteiger partial charge on any atom is 0.226 e. The van der Waals surface area contributed by atoms with Crippen molar-refractivity contribution in [2.45, 2.75) is 38.8 Å². The van der Waals surface area contributed by atoms with Crippen LogP contribution in [-0.2, 0) is 11.2 Å². The van der Waals surface area contributed by atoms with E-state index in [0.29, 0.717) is 13.0 Å². The minimum atomic E-state index is -0.536. The Kier molecular flexibility index (Phi) is 5.78. The molecule has 1 amide bonds. The molecule has 7 nitrogen and oxygen atoms in total. The van der Waals surface area contributed by atoms with Gasteiger partial charge < -0.3 is 14.9 Å². The van der Waals surface area contributed by atoms with Crippen LogP contribution >= 0.6 is 0 Å². The highest BCUT2D eigenvalue weighted by atomic mass is 16.3. The van der Waals surface area contributed by atoms with E-state index >= 15 is 0 Å². The third-order valence-electron chi connectivity index (χ3n) is 5.91. The number of β-amino-alcohol motifs (C(OH)–C–C–N with tert-alkyl or cyclic N) is 1. The van der Waals surface area contributed by atoms with Crippen LogP contribution in [0.15, 0.2) is 36.7 Å². The molecule has 0 aliphatic carbocycles. The number of anilines is 2. The van der Waals surface area contributed by atoms with E-state index in [-0.39, 0.29) is 11.9 Å². The van der Waals surface area contributed by atoms with Gasteiger partial charge in [-0.1, -0.05) is 19.1 Å². The summed E-state index contributed by atoms with van der Waals surface area (Å²) in [6.45, 7) is 8.04. The molecule has 154 valence electrons. The summed E-state index contributed by atoms with van der Waals surface area (Å²) in [7, 11) is 0. The van der Waals surface area contributed by atoms with Crippen molar-refractivity contribution in [3.05, 3.63) is 47.8 Å². The lowest BCUT2D eigenvalue weighted by Crippen LogP contribution is -2.48. The molecule has 2 unspecified atom stereocenters. The van der Waals surface area contributed by atoms with E-state index in [0.717, 1.165) is 55.4 Å². The molecule has 0 spiro atoms. The molecule has 2 aliphatic rings. The van der Waals surface area contributed by atoms with Crippen molar-refractivity contribution in [2.75, 3.05) is 42.5 Å². The summed E-state index contributed by atoms with van der Waals surface area (Å²) in [5.41, 5.74) is 3.08. The molecule has 29 heavy (non-hydrogen) atoms. The Labute approximate surface area is 172 Å². The summed E-state index contributed by atoms with van der Waals surface area (Å²) in [6, 6.07) is 8.04. The molecule has 7 heteroatoms. The van der Waals surface area contributed by atoms with Crippen molar-refractivity contribution in [1.82, 2.24) is 14.9 Å². The van der Waals surface area contributed by atoms with E-state index in [1.807, 2.05) is 30.0 Å². The van der Waals surface area contributed by atoms with E-state index in [1.54, 1.807) is 12.4 Å². The first kappa shape index (κ1) is 19.8. The van der Waals surface area contributed by atoms with E-state index in [1.165, 1.54) is 0 Å². The van der Waals surface area contributed by atoms with Crippen molar-refractivity contribution < 1.29 is 9.90 Å². The van der Waals surface area contributed by atoms with Crippen LogP contribution in [0.2, 0.25) is 0 Å². The number of nitrogens with zero attached hydrogens (tertiary/aromatic N) is 5. The lowest BCUT2D eigenvalue weighted by molar-refractivity contribution is -0.118. The molecule has 4 rings (SSSR count). The van der Waals surface area contributed by atoms with Gasteiger partial charge in [-0.25, -0.2) is 9.97 Å². The minimum Gasteiger partial charge on any atom is -0.387 e. The van der Waals surface area contributed by atoms with Gasteiger partial charge in [-0.2, -0.15) is 0 Å². The van der Waals surface area contributed by atoms with Gasteiger partial charge in [0.1, 0.15) is 0 Å². The fourth-order valence-electron chi connectivity index (χ4n) is 4.34. The molecule has 1 saturated heterocycles. The van der Waals surface area contributed by atoms with Crippen LogP contribution in [0.4, 0.5) is 11.6 Å². The van der Waals surface area contributed by atoms with Crippen molar-refractivity contribution in [1.29, 1.82) is 0 Å². The van der Waals surface area contributed by atoms with Crippen LogP contribution in [0.3, 0.4) is 0 Å². The smallest absolute Gasteiger partial charge is 0.226 e. The average Bonchev–Trinajstić information content (AvgIpc) is 3.09. The Morgan fingerprint density at radius 2 is 1.93 bits per heavy atom. The quantitative estimate of drug-likeness (QED) is 0.835. The van der Waals surface area contributed by atoms with Gasteiger partial charge in [0.25, 0.3) is 0 Å².